The summed E-state index contributed by atoms with van der Waals surface area (Å²) in [6.07, 6.45) is 9.85. The molecule has 1 spiro atoms. The van der Waals surface area contributed by atoms with E-state index in [1.165, 1.54) is 55.5 Å². The summed E-state index contributed by atoms with van der Waals surface area (Å²) in [6.45, 7) is 0. The van der Waals surface area contributed by atoms with Crippen molar-refractivity contribution in [3.05, 3.63) is 126 Å². The van der Waals surface area contributed by atoms with Crippen LogP contribution in [0.2, 0.25) is 0 Å². The van der Waals surface area contributed by atoms with Crippen LogP contribution in [0.15, 0.2) is 108 Å². The third-order valence-electron chi connectivity index (χ3n) is 8.19. The van der Waals surface area contributed by atoms with Crippen LogP contribution in [0.5, 0.6) is 0 Å². The third-order valence-corrected chi connectivity index (χ3v) is 8.19. The van der Waals surface area contributed by atoms with E-state index in [0.717, 1.165) is 17.6 Å². The second kappa shape index (κ2) is 5.94. The monoisotopic (exact) mass is 448 g/mol. The molecule has 6 aromatic rings. The van der Waals surface area contributed by atoms with Gasteiger partial charge in [-0.15, -0.1) is 9.13 Å². The molecule has 5 heterocycles. The van der Waals surface area contributed by atoms with Gasteiger partial charge < -0.3 is 4.42 Å². The Morgan fingerprint density at radius 3 is 2.31 bits per heavy atom. The van der Waals surface area contributed by atoms with Gasteiger partial charge in [0.15, 0.2) is 12.4 Å². The lowest BCUT2D eigenvalue weighted by molar-refractivity contribution is -0.955. The van der Waals surface area contributed by atoms with E-state index in [4.69, 9.17) is 4.42 Å². The Hall–Kier alpha value is -4.50. The number of aromatic nitrogens is 2. The van der Waals surface area contributed by atoms with Gasteiger partial charge in [0.05, 0.1) is 5.56 Å². The van der Waals surface area contributed by atoms with Gasteiger partial charge >= 0.3 is 5.66 Å². The van der Waals surface area contributed by atoms with Crippen LogP contribution in [0.25, 0.3) is 50.5 Å². The predicted molar refractivity (Wildman–Crippen MR) is 136 cm³/mol. The largest absolute Gasteiger partial charge is 0.454 e. The lowest BCUT2D eigenvalue weighted by Crippen LogP contribution is -2.71. The molecule has 162 valence electrons. The van der Waals surface area contributed by atoms with Crippen molar-refractivity contribution in [3.8, 4) is 22.5 Å². The fraction of sp³-hybridized carbons (Fsp3) is 0.0625. The van der Waals surface area contributed by atoms with Crippen LogP contribution in [0.4, 0.5) is 0 Å². The van der Waals surface area contributed by atoms with Crippen LogP contribution in [-0.4, -0.2) is 0 Å². The summed E-state index contributed by atoms with van der Waals surface area (Å²) in [5.41, 5.74) is 11.5. The first kappa shape index (κ1) is 17.9. The lowest BCUT2D eigenvalue weighted by Gasteiger charge is -2.16. The molecule has 0 fully saturated rings. The van der Waals surface area contributed by atoms with Gasteiger partial charge in [-0.05, 0) is 48.4 Å². The van der Waals surface area contributed by atoms with Crippen molar-refractivity contribution in [2.24, 2.45) is 0 Å². The quantitative estimate of drug-likeness (QED) is 0.261. The molecule has 0 N–H and O–H groups in total. The fourth-order valence-corrected chi connectivity index (χ4v) is 6.84. The summed E-state index contributed by atoms with van der Waals surface area (Å²) in [6, 6.07) is 30.9. The smallest absolute Gasteiger partial charge is 0.417 e. The second-order valence-corrected chi connectivity index (χ2v) is 9.72. The minimum atomic E-state index is -0.492. The van der Waals surface area contributed by atoms with Crippen LogP contribution in [-0.2, 0) is 12.1 Å². The summed E-state index contributed by atoms with van der Waals surface area (Å²) in [4.78, 5) is 0. The molecule has 9 rings (SSSR count). The van der Waals surface area contributed by atoms with E-state index in [-0.39, 0.29) is 0 Å². The summed E-state index contributed by atoms with van der Waals surface area (Å²) >= 11 is 0. The highest BCUT2D eigenvalue weighted by molar-refractivity contribution is 6.12. The average Bonchev–Trinajstić information content (AvgIpc) is 3.66. The van der Waals surface area contributed by atoms with E-state index in [2.05, 4.69) is 119 Å². The van der Waals surface area contributed by atoms with E-state index in [9.17, 15) is 0 Å². The molecule has 3 nitrogen and oxygen atoms in total. The van der Waals surface area contributed by atoms with Gasteiger partial charge in [-0.1, -0.05) is 36.4 Å². The Kier molecular flexibility index (Phi) is 3.04. The lowest BCUT2D eigenvalue weighted by atomic mass is 9.89. The molecular formula is C32H20N2O+2. The minimum Gasteiger partial charge on any atom is -0.454 e. The molecular weight excluding hydrogens is 428 g/mol. The highest BCUT2D eigenvalue weighted by Crippen LogP contribution is 2.50. The zero-order valence-electron chi connectivity index (χ0n) is 18.9. The van der Waals surface area contributed by atoms with Gasteiger partial charge in [0, 0.05) is 40.6 Å². The van der Waals surface area contributed by atoms with E-state index in [1.807, 2.05) is 0 Å². The predicted octanol–water partition coefficient (Wildman–Crippen LogP) is 5.99. The first-order valence-corrected chi connectivity index (χ1v) is 12.2. The number of benzene rings is 3. The van der Waals surface area contributed by atoms with E-state index < -0.39 is 5.66 Å². The molecule has 3 heteroatoms. The van der Waals surface area contributed by atoms with Gasteiger partial charge in [0.1, 0.15) is 27.9 Å². The molecule has 2 aliphatic heterocycles. The third kappa shape index (κ3) is 1.90. The molecule has 3 aromatic heterocycles. The van der Waals surface area contributed by atoms with Crippen molar-refractivity contribution >= 4 is 28.0 Å². The highest BCUT2D eigenvalue weighted by atomic mass is 16.3. The van der Waals surface area contributed by atoms with Crippen molar-refractivity contribution in [1.82, 2.24) is 0 Å². The number of hydrogen-bond acceptors (Lipinski definition) is 1. The standard InChI is InChI=1S/C32H20N2O/c1-2-11-25-24(9-1)27-12-3-5-18-33(27)32(25)26-17-16-23-22-15-14-20-8-7-10-21(20)30(22)35-31(23)29(26)28-13-4-6-19-34(28)32/h1-7,9-19H,8H2/q+2. The number of rotatable bonds is 0. The number of allylic oxidation sites excluding steroid dienone is 1. The second-order valence-electron chi connectivity index (χ2n) is 9.72. The van der Waals surface area contributed by atoms with E-state index in [0.29, 0.717) is 0 Å². The van der Waals surface area contributed by atoms with Gasteiger partial charge in [-0.2, -0.15) is 0 Å². The zero-order valence-corrected chi connectivity index (χ0v) is 18.9. The molecule has 35 heavy (non-hydrogen) atoms. The molecule has 0 saturated heterocycles. The first-order chi connectivity index (χ1) is 17.4. The number of fused-ring (bicyclic) bond motifs is 16. The number of pyridine rings is 2. The Morgan fingerprint density at radius 1 is 0.657 bits per heavy atom. The Balaban J connectivity index is 1.50. The average molecular weight is 449 g/mol. The molecule has 0 radical (unpaired) electrons. The van der Waals surface area contributed by atoms with Crippen molar-refractivity contribution in [1.29, 1.82) is 0 Å². The maximum Gasteiger partial charge on any atom is 0.417 e. The van der Waals surface area contributed by atoms with Crippen LogP contribution in [0.1, 0.15) is 22.3 Å². The molecule has 0 saturated carbocycles. The van der Waals surface area contributed by atoms with Crippen molar-refractivity contribution in [2.75, 3.05) is 0 Å². The van der Waals surface area contributed by atoms with Crippen molar-refractivity contribution < 1.29 is 13.6 Å². The Bertz CT molecular complexity index is 1900. The first-order valence-electron chi connectivity index (χ1n) is 12.2. The molecule has 1 aliphatic carbocycles. The van der Waals surface area contributed by atoms with Gasteiger partial charge in [-0.25, -0.2) is 0 Å². The van der Waals surface area contributed by atoms with Crippen LogP contribution < -0.4 is 9.13 Å². The topological polar surface area (TPSA) is 20.9 Å². The molecule has 3 aromatic carbocycles. The number of nitrogens with zero attached hydrogens (tertiary/aromatic N) is 2. The van der Waals surface area contributed by atoms with Crippen LogP contribution >= 0.6 is 0 Å². The molecule has 3 aliphatic rings. The summed E-state index contributed by atoms with van der Waals surface area (Å²) < 4.78 is 11.7. The summed E-state index contributed by atoms with van der Waals surface area (Å²) in [5.74, 6) is 0. The molecule has 0 amide bonds. The Labute approximate surface area is 201 Å². The van der Waals surface area contributed by atoms with Crippen LogP contribution in [0.3, 0.4) is 0 Å². The zero-order chi connectivity index (χ0) is 22.7. The normalized spacial score (nSPS) is 18.2. The minimum absolute atomic E-state index is 0.492. The summed E-state index contributed by atoms with van der Waals surface area (Å²) in [5, 5.41) is 2.37. The maximum atomic E-state index is 6.80. The number of furan rings is 1. The fourth-order valence-electron chi connectivity index (χ4n) is 6.84. The van der Waals surface area contributed by atoms with Crippen molar-refractivity contribution in [2.45, 2.75) is 12.1 Å². The van der Waals surface area contributed by atoms with Crippen LogP contribution in [0, 0.1) is 0 Å². The van der Waals surface area contributed by atoms with E-state index in [1.54, 1.807) is 0 Å². The molecule has 1 atom stereocenters. The number of hydrogen-bond donors (Lipinski definition) is 0. The molecule has 1 unspecified atom stereocenters. The van der Waals surface area contributed by atoms with E-state index >= 15 is 0 Å². The highest BCUT2D eigenvalue weighted by Gasteiger charge is 2.66. The maximum absolute atomic E-state index is 6.80. The summed E-state index contributed by atoms with van der Waals surface area (Å²) in [7, 11) is 0. The molecule has 0 bridgehead atoms. The van der Waals surface area contributed by atoms with Gasteiger partial charge in [0.2, 0.25) is 11.4 Å². The van der Waals surface area contributed by atoms with Gasteiger partial charge in [-0.3, -0.25) is 0 Å². The van der Waals surface area contributed by atoms with Gasteiger partial charge in [0.25, 0.3) is 0 Å². The Morgan fingerprint density at radius 2 is 1.40 bits per heavy atom. The SMILES string of the molecule is C1=Cc2c(ccc3c2oc2c4c(ccc23)C2(c3ccccc3-c3cccc[n+]32)[n+]2ccccc2-4)C1. The van der Waals surface area contributed by atoms with Crippen molar-refractivity contribution in [3.63, 3.8) is 0 Å².